The van der Waals surface area contributed by atoms with Gasteiger partial charge in [-0.2, -0.15) is 5.10 Å². The molecule has 0 atom stereocenters. The molecule has 10 heteroatoms. The van der Waals surface area contributed by atoms with Crippen molar-refractivity contribution in [2.24, 2.45) is 15.9 Å². The van der Waals surface area contributed by atoms with Crippen molar-refractivity contribution < 1.29 is 9.37 Å². The number of benzene rings is 1. The Labute approximate surface area is 129 Å². The summed E-state index contributed by atoms with van der Waals surface area (Å²) in [4.78, 5) is 0. The molecule has 0 saturated carbocycles. The number of hydrogen-bond donors (Lipinski definition) is 2. The van der Waals surface area contributed by atoms with Crippen LogP contribution in [0.1, 0.15) is 11.3 Å². The molecule has 0 fully saturated rings. The van der Waals surface area contributed by atoms with Crippen LogP contribution in [0.3, 0.4) is 0 Å². The Bertz CT molecular complexity index is 713. The van der Waals surface area contributed by atoms with Gasteiger partial charge in [0.25, 0.3) is 0 Å². The molecule has 1 aromatic heterocycles. The van der Waals surface area contributed by atoms with Crippen LogP contribution in [0.5, 0.6) is 5.75 Å². The third-order valence-electron chi connectivity index (χ3n) is 2.36. The molecule has 0 aliphatic rings. The van der Waals surface area contributed by atoms with Crippen LogP contribution < -0.4 is 16.2 Å². The normalized spacial score (nSPS) is 12.0. The van der Waals surface area contributed by atoms with E-state index in [0.29, 0.717) is 21.4 Å². The van der Waals surface area contributed by atoms with Crippen LogP contribution in [0, 0.1) is 0 Å². The SMILES string of the molecule is COc1c(Cl)cc(Cl)cc1/C=N/N=C(\N)c1nonc1N. The van der Waals surface area contributed by atoms with Crippen molar-refractivity contribution in [1.82, 2.24) is 10.3 Å². The van der Waals surface area contributed by atoms with Crippen LogP contribution in [0.4, 0.5) is 5.82 Å². The number of nitrogen functional groups attached to an aromatic ring is 1. The Hall–Kier alpha value is -2.32. The zero-order valence-corrected chi connectivity index (χ0v) is 12.3. The van der Waals surface area contributed by atoms with Crippen LogP contribution in [-0.4, -0.2) is 29.5 Å². The quantitative estimate of drug-likeness (QED) is 0.500. The topological polar surface area (TPSA) is 125 Å². The minimum atomic E-state index is -0.0444. The van der Waals surface area contributed by atoms with E-state index in [2.05, 4.69) is 25.1 Å². The Morgan fingerprint density at radius 2 is 2.14 bits per heavy atom. The summed E-state index contributed by atoms with van der Waals surface area (Å²) in [6, 6.07) is 3.17. The number of rotatable bonds is 4. The molecule has 2 aromatic rings. The fourth-order valence-electron chi connectivity index (χ4n) is 1.47. The van der Waals surface area contributed by atoms with Crippen molar-refractivity contribution in [3.63, 3.8) is 0 Å². The summed E-state index contributed by atoms with van der Waals surface area (Å²) >= 11 is 11.9. The average Bonchev–Trinajstić information content (AvgIpc) is 2.84. The van der Waals surface area contributed by atoms with Crippen molar-refractivity contribution in [2.45, 2.75) is 0 Å². The second kappa shape index (κ2) is 6.42. The molecule has 0 amide bonds. The van der Waals surface area contributed by atoms with Crippen LogP contribution in [0.2, 0.25) is 10.0 Å². The van der Waals surface area contributed by atoms with Gasteiger partial charge in [-0.15, -0.1) is 5.10 Å². The molecule has 0 bridgehead atoms. The zero-order chi connectivity index (χ0) is 15.4. The van der Waals surface area contributed by atoms with E-state index >= 15 is 0 Å². The molecule has 1 heterocycles. The molecule has 8 nitrogen and oxygen atoms in total. The Kier molecular flexibility index (Phi) is 4.61. The first kappa shape index (κ1) is 15.1. The average molecular weight is 329 g/mol. The molecule has 0 unspecified atom stereocenters. The van der Waals surface area contributed by atoms with E-state index in [4.69, 9.17) is 39.4 Å². The highest BCUT2D eigenvalue weighted by Gasteiger charge is 2.10. The highest BCUT2D eigenvalue weighted by atomic mass is 35.5. The smallest absolute Gasteiger partial charge is 0.199 e. The van der Waals surface area contributed by atoms with Crippen molar-refractivity contribution in [3.8, 4) is 5.75 Å². The van der Waals surface area contributed by atoms with Gasteiger partial charge in [0.15, 0.2) is 17.3 Å². The van der Waals surface area contributed by atoms with Gasteiger partial charge in [-0.1, -0.05) is 23.2 Å². The summed E-state index contributed by atoms with van der Waals surface area (Å²) in [5.74, 6) is 0.396. The summed E-state index contributed by atoms with van der Waals surface area (Å²) in [5, 5.41) is 15.2. The Balaban J connectivity index is 2.28. The van der Waals surface area contributed by atoms with Gasteiger partial charge < -0.3 is 16.2 Å². The maximum atomic E-state index is 6.00. The largest absolute Gasteiger partial charge is 0.495 e. The number of nitrogens with two attached hydrogens (primary N) is 2. The van der Waals surface area contributed by atoms with Crippen LogP contribution in [0.25, 0.3) is 0 Å². The zero-order valence-electron chi connectivity index (χ0n) is 10.7. The molecule has 4 N–H and O–H groups in total. The molecule has 1 aromatic carbocycles. The fourth-order valence-corrected chi connectivity index (χ4v) is 2.05. The van der Waals surface area contributed by atoms with E-state index in [1.807, 2.05) is 0 Å². The first-order chi connectivity index (χ1) is 10.0. The van der Waals surface area contributed by atoms with Gasteiger partial charge in [-0.25, -0.2) is 4.63 Å². The van der Waals surface area contributed by atoms with Gasteiger partial charge >= 0.3 is 0 Å². The summed E-state index contributed by atoms with van der Waals surface area (Å²) in [7, 11) is 1.48. The number of methoxy groups -OCH3 is 1. The highest BCUT2D eigenvalue weighted by molar-refractivity contribution is 6.36. The van der Waals surface area contributed by atoms with Gasteiger partial charge in [-0.05, 0) is 22.4 Å². The van der Waals surface area contributed by atoms with Crippen LogP contribution in [-0.2, 0) is 0 Å². The lowest BCUT2D eigenvalue weighted by Gasteiger charge is -2.06. The number of nitrogens with zero attached hydrogens (tertiary/aromatic N) is 4. The number of anilines is 1. The Morgan fingerprint density at radius 3 is 2.76 bits per heavy atom. The Morgan fingerprint density at radius 1 is 1.38 bits per heavy atom. The monoisotopic (exact) mass is 328 g/mol. The predicted molar refractivity (Wildman–Crippen MR) is 80.0 cm³/mol. The van der Waals surface area contributed by atoms with E-state index in [9.17, 15) is 0 Å². The third kappa shape index (κ3) is 3.41. The standard InChI is InChI=1S/C11H10Cl2N6O2/c1-20-9-5(2-6(12)3-7(9)13)4-16-17-10(14)8-11(15)19-21-18-8/h2-4H,1H3,(H2,14,17)(H2,15,19)/b16-4+. The van der Waals surface area contributed by atoms with E-state index < -0.39 is 0 Å². The second-order valence-electron chi connectivity index (χ2n) is 3.74. The van der Waals surface area contributed by atoms with Crippen molar-refractivity contribution in [2.75, 3.05) is 12.8 Å². The van der Waals surface area contributed by atoms with Crippen LogP contribution in [0.15, 0.2) is 27.0 Å². The maximum absolute atomic E-state index is 6.00. The maximum Gasteiger partial charge on any atom is 0.199 e. The van der Waals surface area contributed by atoms with Gasteiger partial charge in [0.05, 0.1) is 18.3 Å². The lowest BCUT2D eigenvalue weighted by molar-refractivity contribution is 0.308. The summed E-state index contributed by atoms with van der Waals surface area (Å²) in [6.45, 7) is 0. The molecule has 0 spiro atoms. The predicted octanol–water partition coefficient (Wildman–Crippen LogP) is 1.71. The third-order valence-corrected chi connectivity index (χ3v) is 2.86. The second-order valence-corrected chi connectivity index (χ2v) is 4.58. The lowest BCUT2D eigenvalue weighted by atomic mass is 10.2. The van der Waals surface area contributed by atoms with Crippen molar-refractivity contribution >= 4 is 41.1 Å². The molecule has 0 aliphatic carbocycles. The summed E-state index contributed by atoms with van der Waals surface area (Å²) in [6.07, 6.45) is 1.38. The number of halogens is 2. The first-order valence-corrected chi connectivity index (χ1v) is 6.26. The molecule has 0 aliphatic heterocycles. The number of aromatic nitrogens is 2. The molecular formula is C11H10Cl2N6O2. The van der Waals surface area contributed by atoms with Crippen LogP contribution >= 0.6 is 23.2 Å². The molecule has 0 saturated heterocycles. The number of hydrogen-bond acceptors (Lipinski definition) is 7. The molecule has 2 rings (SSSR count). The van der Waals surface area contributed by atoms with E-state index in [-0.39, 0.29) is 17.3 Å². The fraction of sp³-hybridized carbons (Fsp3) is 0.0909. The lowest BCUT2D eigenvalue weighted by Crippen LogP contribution is -2.15. The number of amidine groups is 1. The minimum Gasteiger partial charge on any atom is -0.495 e. The molecule has 0 radical (unpaired) electrons. The van der Waals surface area contributed by atoms with Crippen molar-refractivity contribution in [3.05, 3.63) is 33.4 Å². The van der Waals surface area contributed by atoms with Gasteiger partial charge in [0.1, 0.15) is 5.75 Å². The van der Waals surface area contributed by atoms with Gasteiger partial charge in [-0.3, -0.25) is 0 Å². The highest BCUT2D eigenvalue weighted by Crippen LogP contribution is 2.31. The van der Waals surface area contributed by atoms with Gasteiger partial charge in [0, 0.05) is 10.6 Å². The molecule has 21 heavy (non-hydrogen) atoms. The van der Waals surface area contributed by atoms with Gasteiger partial charge in [0.2, 0.25) is 0 Å². The van der Waals surface area contributed by atoms with Crippen molar-refractivity contribution in [1.29, 1.82) is 0 Å². The van der Waals surface area contributed by atoms with E-state index in [1.54, 1.807) is 12.1 Å². The molecule has 110 valence electrons. The minimum absolute atomic E-state index is 0.0230. The summed E-state index contributed by atoms with van der Waals surface area (Å²) < 4.78 is 9.57. The van der Waals surface area contributed by atoms with E-state index in [0.717, 1.165) is 0 Å². The van der Waals surface area contributed by atoms with E-state index in [1.165, 1.54) is 13.3 Å². The first-order valence-electron chi connectivity index (χ1n) is 5.51. The number of ether oxygens (including phenoxy) is 1. The molecular weight excluding hydrogens is 319 g/mol. The summed E-state index contributed by atoms with van der Waals surface area (Å²) in [5.41, 5.74) is 11.8.